The highest BCUT2D eigenvalue weighted by atomic mass is 35.5. The van der Waals surface area contributed by atoms with Gasteiger partial charge in [0.2, 0.25) is 5.95 Å². The van der Waals surface area contributed by atoms with Crippen molar-refractivity contribution in [3.05, 3.63) is 59.1 Å². The van der Waals surface area contributed by atoms with Crippen molar-refractivity contribution in [2.24, 2.45) is 0 Å². The number of rotatable bonds is 7. The van der Waals surface area contributed by atoms with Crippen molar-refractivity contribution in [2.75, 3.05) is 10.6 Å². The lowest BCUT2D eigenvalue weighted by molar-refractivity contribution is -0.274. The molecule has 0 radical (unpaired) electrons. The first kappa shape index (κ1) is 22.7. The van der Waals surface area contributed by atoms with E-state index in [0.29, 0.717) is 33.7 Å². The Bertz CT molecular complexity index is 1060. The van der Waals surface area contributed by atoms with Gasteiger partial charge in [0, 0.05) is 17.7 Å². The number of alkyl halides is 3. The van der Waals surface area contributed by atoms with Crippen molar-refractivity contribution < 1.29 is 17.9 Å². The van der Waals surface area contributed by atoms with E-state index in [0.717, 1.165) is 12.0 Å². The predicted octanol–water partition coefficient (Wildman–Crippen LogP) is 6.96. The van der Waals surface area contributed by atoms with Gasteiger partial charge in [-0.2, -0.15) is 4.98 Å². The number of anilines is 3. The van der Waals surface area contributed by atoms with Gasteiger partial charge in [-0.15, -0.1) is 13.2 Å². The van der Waals surface area contributed by atoms with Gasteiger partial charge in [0.25, 0.3) is 0 Å². The maximum atomic E-state index is 12.6. The summed E-state index contributed by atoms with van der Waals surface area (Å²) in [4.78, 5) is 8.96. The summed E-state index contributed by atoms with van der Waals surface area (Å²) in [7, 11) is 0. The van der Waals surface area contributed by atoms with E-state index in [4.69, 9.17) is 11.6 Å². The summed E-state index contributed by atoms with van der Waals surface area (Å²) in [5.74, 6) is 0.472. The lowest BCUT2D eigenvalue weighted by Crippen LogP contribution is -2.17. The average Bonchev–Trinajstić information content (AvgIpc) is 2.69. The molecule has 3 rings (SSSR count). The van der Waals surface area contributed by atoms with Gasteiger partial charge < -0.3 is 15.4 Å². The molecule has 1 atom stereocenters. The van der Waals surface area contributed by atoms with Crippen LogP contribution in [-0.2, 0) is 0 Å². The molecule has 0 saturated heterocycles. The van der Waals surface area contributed by atoms with E-state index in [2.05, 4.69) is 25.3 Å². The molecule has 0 aliphatic carbocycles. The van der Waals surface area contributed by atoms with Crippen molar-refractivity contribution in [1.82, 2.24) is 9.97 Å². The molecule has 5 nitrogen and oxygen atoms in total. The molecule has 2 aromatic carbocycles. The van der Waals surface area contributed by atoms with Crippen LogP contribution in [0.1, 0.15) is 25.8 Å². The molecule has 0 saturated carbocycles. The molecule has 0 fully saturated rings. The van der Waals surface area contributed by atoms with Crippen molar-refractivity contribution in [1.29, 1.82) is 0 Å². The second kappa shape index (κ2) is 9.43. The molecular weight excluding hydrogens is 429 g/mol. The minimum Gasteiger partial charge on any atom is -0.406 e. The van der Waals surface area contributed by atoms with Crippen LogP contribution in [0.3, 0.4) is 0 Å². The topological polar surface area (TPSA) is 59.1 Å². The van der Waals surface area contributed by atoms with Gasteiger partial charge in [0.05, 0.1) is 16.4 Å². The molecule has 9 heteroatoms. The highest BCUT2D eigenvalue weighted by Crippen LogP contribution is 2.31. The molecule has 0 unspecified atom stereocenters. The summed E-state index contributed by atoms with van der Waals surface area (Å²) < 4.78 is 41.9. The fraction of sp³-hybridized carbons (Fsp3) is 0.273. The number of aryl methyl sites for hydroxylation is 1. The molecule has 1 heterocycles. The first-order valence-electron chi connectivity index (χ1n) is 9.68. The largest absolute Gasteiger partial charge is 0.573 e. The third kappa shape index (κ3) is 6.49. The SMILES string of the molecule is CC[C@@H](C)Nc1nc(Nc2ccc(C)cc2Cl)cc(-c2cccc(OC(F)(F)F)c2)n1. The molecule has 164 valence electrons. The molecule has 2 N–H and O–H groups in total. The number of benzene rings is 2. The van der Waals surface area contributed by atoms with E-state index in [9.17, 15) is 13.2 Å². The third-order valence-electron chi connectivity index (χ3n) is 4.46. The second-order valence-electron chi connectivity index (χ2n) is 7.10. The van der Waals surface area contributed by atoms with Gasteiger partial charge in [-0.1, -0.05) is 36.7 Å². The molecule has 1 aromatic heterocycles. The number of hydrogen-bond acceptors (Lipinski definition) is 5. The number of nitrogens with one attached hydrogen (secondary N) is 2. The second-order valence-corrected chi connectivity index (χ2v) is 7.51. The summed E-state index contributed by atoms with van der Waals surface area (Å²) >= 11 is 6.32. The van der Waals surface area contributed by atoms with E-state index < -0.39 is 6.36 Å². The van der Waals surface area contributed by atoms with Gasteiger partial charge in [-0.25, -0.2) is 4.98 Å². The maximum absolute atomic E-state index is 12.6. The summed E-state index contributed by atoms with van der Waals surface area (Å²) in [5, 5.41) is 6.88. The van der Waals surface area contributed by atoms with Gasteiger partial charge in [0.1, 0.15) is 11.6 Å². The van der Waals surface area contributed by atoms with Crippen LogP contribution in [0.25, 0.3) is 11.3 Å². The zero-order chi connectivity index (χ0) is 22.6. The maximum Gasteiger partial charge on any atom is 0.573 e. The van der Waals surface area contributed by atoms with Gasteiger partial charge >= 0.3 is 6.36 Å². The van der Waals surface area contributed by atoms with Gasteiger partial charge in [-0.3, -0.25) is 0 Å². The summed E-state index contributed by atoms with van der Waals surface area (Å²) in [6, 6.07) is 13.0. The molecule has 0 spiro atoms. The highest BCUT2D eigenvalue weighted by molar-refractivity contribution is 6.33. The zero-order valence-corrected chi connectivity index (χ0v) is 18.0. The molecule has 0 aliphatic rings. The number of aromatic nitrogens is 2. The van der Waals surface area contributed by atoms with Crippen LogP contribution in [0.5, 0.6) is 5.75 Å². The van der Waals surface area contributed by atoms with Crippen LogP contribution >= 0.6 is 11.6 Å². The number of halogens is 4. The Hall–Kier alpha value is -3.00. The van der Waals surface area contributed by atoms with Crippen LogP contribution in [0.4, 0.5) is 30.6 Å². The summed E-state index contributed by atoms with van der Waals surface area (Å²) in [5.41, 5.74) is 2.55. The normalized spacial score (nSPS) is 12.4. The van der Waals surface area contributed by atoms with Crippen LogP contribution in [0.15, 0.2) is 48.5 Å². The fourth-order valence-corrected chi connectivity index (χ4v) is 3.04. The predicted molar refractivity (Wildman–Crippen MR) is 117 cm³/mol. The van der Waals surface area contributed by atoms with E-state index in [1.165, 1.54) is 18.2 Å². The Morgan fingerprint density at radius 1 is 1.10 bits per heavy atom. The van der Waals surface area contributed by atoms with Gasteiger partial charge in [-0.05, 0) is 50.1 Å². The zero-order valence-electron chi connectivity index (χ0n) is 17.2. The Labute approximate surface area is 183 Å². The van der Waals surface area contributed by atoms with Crippen LogP contribution in [-0.4, -0.2) is 22.4 Å². The van der Waals surface area contributed by atoms with E-state index in [1.807, 2.05) is 39.0 Å². The Morgan fingerprint density at radius 2 is 1.87 bits per heavy atom. The fourth-order valence-electron chi connectivity index (χ4n) is 2.76. The van der Waals surface area contributed by atoms with Crippen LogP contribution < -0.4 is 15.4 Å². The van der Waals surface area contributed by atoms with Crippen molar-refractivity contribution in [3.8, 4) is 17.0 Å². The Balaban J connectivity index is 2.00. The molecule has 0 aliphatic heterocycles. The van der Waals surface area contributed by atoms with E-state index in [1.54, 1.807) is 12.1 Å². The Kier molecular flexibility index (Phi) is 6.90. The van der Waals surface area contributed by atoms with Crippen molar-refractivity contribution in [2.45, 2.75) is 39.6 Å². The molecule has 31 heavy (non-hydrogen) atoms. The average molecular weight is 451 g/mol. The van der Waals surface area contributed by atoms with Crippen molar-refractivity contribution in [3.63, 3.8) is 0 Å². The first-order valence-corrected chi connectivity index (χ1v) is 10.1. The van der Waals surface area contributed by atoms with Crippen molar-refractivity contribution >= 4 is 29.1 Å². The summed E-state index contributed by atoms with van der Waals surface area (Å²) in [6.45, 7) is 5.94. The smallest absolute Gasteiger partial charge is 0.406 e. The van der Waals surface area contributed by atoms with E-state index in [-0.39, 0.29) is 11.8 Å². The lowest BCUT2D eigenvalue weighted by atomic mass is 10.1. The number of ether oxygens (including phenoxy) is 1. The minimum absolute atomic E-state index is 0.103. The minimum atomic E-state index is -4.78. The quantitative estimate of drug-likeness (QED) is 0.407. The van der Waals surface area contributed by atoms with Gasteiger partial charge in [0.15, 0.2) is 0 Å². The standard InChI is InChI=1S/C22H22ClF3N4O/c1-4-14(3)27-21-29-19(15-6-5-7-16(11-15)31-22(24,25)26)12-20(30-21)28-18-9-8-13(2)10-17(18)23/h5-12,14H,4H2,1-3H3,(H2,27,28,29,30)/t14-/m1/s1. The molecule has 3 aromatic rings. The third-order valence-corrected chi connectivity index (χ3v) is 4.78. The summed E-state index contributed by atoms with van der Waals surface area (Å²) in [6.07, 6.45) is -3.93. The monoisotopic (exact) mass is 450 g/mol. The molecule has 0 bridgehead atoms. The Morgan fingerprint density at radius 3 is 2.55 bits per heavy atom. The molecular formula is C22H22ClF3N4O. The lowest BCUT2D eigenvalue weighted by Gasteiger charge is -2.16. The van der Waals surface area contributed by atoms with Crippen LogP contribution in [0.2, 0.25) is 5.02 Å². The van der Waals surface area contributed by atoms with E-state index >= 15 is 0 Å². The highest BCUT2D eigenvalue weighted by Gasteiger charge is 2.31. The number of nitrogens with zero attached hydrogens (tertiary/aromatic N) is 2. The molecule has 0 amide bonds. The first-order chi connectivity index (χ1) is 14.6. The van der Waals surface area contributed by atoms with Crippen LogP contribution in [0, 0.1) is 6.92 Å². The number of hydrogen-bond donors (Lipinski definition) is 2.